The Morgan fingerprint density at radius 3 is 1.11 bits per heavy atom. The van der Waals surface area contributed by atoms with Crippen molar-refractivity contribution >= 4 is 34.3 Å². The van der Waals surface area contributed by atoms with Crippen LogP contribution in [0.4, 0.5) is 0 Å². The summed E-state index contributed by atoms with van der Waals surface area (Å²) in [6.45, 7) is 0. The lowest BCUT2D eigenvalue weighted by Gasteiger charge is -2.40. The van der Waals surface area contributed by atoms with E-state index in [2.05, 4.69) is 328 Å². The highest BCUT2D eigenvalue weighted by molar-refractivity contribution is 8.00. The van der Waals surface area contributed by atoms with E-state index < -0.39 is 10.8 Å². The molecule has 22 rings (SSSR count). The summed E-state index contributed by atoms with van der Waals surface area (Å²) in [6.07, 6.45) is 0. The van der Waals surface area contributed by atoms with Gasteiger partial charge in [-0.05, 0) is 153 Å². The molecule has 6 nitrogen and oxygen atoms in total. The molecule has 0 fully saturated rings. The van der Waals surface area contributed by atoms with E-state index in [9.17, 15) is 10.5 Å². The van der Waals surface area contributed by atoms with Gasteiger partial charge in [-0.3, -0.25) is 0 Å². The fraction of sp³-hybridized carbons (Fsp3) is 0.0189. The van der Waals surface area contributed by atoms with Gasteiger partial charge in [-0.25, -0.2) is 19.9 Å². The minimum absolute atomic E-state index is 0.550. The van der Waals surface area contributed by atoms with E-state index in [1.165, 1.54) is 109 Å². The quantitative estimate of drug-likeness (QED) is 0.141. The maximum absolute atomic E-state index is 10.2. The van der Waals surface area contributed by atoms with Crippen LogP contribution in [0, 0.1) is 22.7 Å². The molecule has 18 aromatic rings. The summed E-state index contributed by atoms with van der Waals surface area (Å²) in [5.41, 5.74) is 31.7. The molecule has 0 saturated heterocycles. The smallest absolute Gasteiger partial charge is 0.161 e. The number of benzene rings is 16. The van der Waals surface area contributed by atoms with Crippen molar-refractivity contribution in [3.05, 3.63) is 444 Å². The molecular formula is C106H64N6S2. The number of fused-ring (bicyclic) bond motifs is 19. The van der Waals surface area contributed by atoms with E-state index in [4.69, 9.17) is 19.9 Å². The summed E-state index contributed by atoms with van der Waals surface area (Å²) in [5.74, 6) is 1.39. The number of aromatic nitrogens is 4. The number of rotatable bonds is 9. The minimum atomic E-state index is -0.605. The van der Waals surface area contributed by atoms with Crippen LogP contribution in [-0.4, -0.2) is 19.9 Å². The zero-order chi connectivity index (χ0) is 75.9. The van der Waals surface area contributed by atoms with E-state index in [1.54, 1.807) is 11.8 Å². The molecule has 0 N–H and O–H groups in total. The average molecular weight is 1490 g/mol. The normalized spacial score (nSPS) is 14.6. The Morgan fingerprint density at radius 2 is 0.588 bits per heavy atom. The van der Waals surface area contributed by atoms with Crippen LogP contribution in [0.15, 0.2) is 408 Å². The molecule has 2 aliphatic carbocycles. The molecule has 0 saturated carbocycles. The van der Waals surface area contributed by atoms with Crippen molar-refractivity contribution in [2.75, 3.05) is 0 Å². The van der Waals surface area contributed by atoms with Crippen LogP contribution in [0.5, 0.6) is 0 Å². The van der Waals surface area contributed by atoms with Gasteiger partial charge in [-0.2, -0.15) is 10.5 Å². The summed E-state index contributed by atoms with van der Waals surface area (Å²) in [6, 6.07) is 142. The number of nitriles is 2. The third-order valence-electron chi connectivity index (χ3n) is 23.1. The molecule has 2 unspecified atom stereocenters. The summed E-state index contributed by atoms with van der Waals surface area (Å²) >= 11 is 3.58. The Kier molecular flexibility index (Phi) is 16.6. The summed E-state index contributed by atoms with van der Waals surface area (Å²) < 4.78 is 0. The highest BCUT2D eigenvalue weighted by Crippen LogP contribution is 2.66. The van der Waals surface area contributed by atoms with Crippen LogP contribution in [0.3, 0.4) is 0 Å². The number of hydrogen-bond donors (Lipinski definition) is 0. The highest BCUT2D eigenvalue weighted by Gasteiger charge is 2.53. The van der Waals surface area contributed by atoms with Crippen molar-refractivity contribution in [3.63, 3.8) is 0 Å². The van der Waals surface area contributed by atoms with Gasteiger partial charge in [-0.15, -0.1) is 0 Å². The fourth-order valence-electron chi connectivity index (χ4n) is 18.1. The fourth-order valence-corrected chi connectivity index (χ4v) is 20.7. The Labute approximate surface area is 669 Å². The summed E-state index contributed by atoms with van der Waals surface area (Å²) in [7, 11) is 0. The standard InChI is InChI=1S/C58H35N3S.C48H29N3S/c59-36-37-29-31-38(32-30-37)41-33-34-44(43-20-8-7-19-42(41)43)45-22-13-27-51-56(45)62-54-28-12-11-25-49(54)58(51)48-24-10-9-21-46(48)55-47(23-14-26-50(55)58)57-60-52(39-15-3-1-4-16-39)35-53(61-57)40-17-5-2-6-18-40;49-30-35-17-11-23-41-46(35)52-44-24-10-9-21-39(44)48(41)38-20-8-7-18-37(38)45-36(19-12-22-40(45)48)31-25-27-34(28-26-31)47-50-42(32-13-3-1-4-14-32)29-43(51-47)33-15-5-2-6-16-33/h1-35H;1-29H. The first kappa shape index (κ1) is 67.7. The largest absolute Gasteiger partial charge is 0.228 e. The van der Waals surface area contributed by atoms with E-state index >= 15 is 0 Å². The van der Waals surface area contributed by atoms with Crippen molar-refractivity contribution in [2.24, 2.45) is 0 Å². The third-order valence-corrected chi connectivity index (χ3v) is 25.5. The van der Waals surface area contributed by atoms with Crippen LogP contribution < -0.4 is 0 Å². The SMILES string of the molecule is N#Cc1ccc(-c2ccc(-c3cccc4c3Sc3ccccc3C43c4ccccc4-c4c(-c5nc(-c6ccccc6)cc(-c6ccccc6)n5)cccc43)c3ccccc23)cc1.N#Cc1cccc2c1Sc1ccccc1C21c2ccccc2-c2c(-c3ccc(-c4nc(-c5ccccc5)cc(-c5ccccc5)n4)cc3)cccc21. The van der Waals surface area contributed by atoms with Crippen molar-refractivity contribution < 1.29 is 0 Å². The molecule has 0 bridgehead atoms. The van der Waals surface area contributed by atoms with Gasteiger partial charge >= 0.3 is 0 Å². The molecule has 4 heterocycles. The molecule has 16 aromatic carbocycles. The molecule has 114 heavy (non-hydrogen) atoms. The van der Waals surface area contributed by atoms with Gasteiger partial charge < -0.3 is 0 Å². The van der Waals surface area contributed by atoms with Crippen molar-refractivity contribution in [2.45, 2.75) is 30.4 Å². The van der Waals surface area contributed by atoms with E-state index in [0.29, 0.717) is 22.8 Å². The third kappa shape index (κ3) is 10.9. The van der Waals surface area contributed by atoms with Crippen molar-refractivity contribution in [3.8, 4) is 136 Å². The number of nitrogens with zero attached hydrogens (tertiary/aromatic N) is 6. The molecule has 530 valence electrons. The lowest BCUT2D eigenvalue weighted by Crippen LogP contribution is -2.32. The first-order valence-corrected chi connectivity index (χ1v) is 39.9. The maximum atomic E-state index is 10.2. The van der Waals surface area contributed by atoms with E-state index in [0.717, 1.165) is 77.7 Å². The molecule has 0 amide bonds. The lowest BCUT2D eigenvalue weighted by atomic mass is 9.67. The van der Waals surface area contributed by atoms with Gasteiger partial charge in [-0.1, -0.05) is 369 Å². The lowest BCUT2D eigenvalue weighted by molar-refractivity contribution is 0.721. The zero-order valence-electron chi connectivity index (χ0n) is 61.5. The Morgan fingerprint density at radius 1 is 0.228 bits per heavy atom. The molecular weight excluding hydrogens is 1420 g/mol. The van der Waals surface area contributed by atoms with Gasteiger partial charge in [0.2, 0.25) is 0 Å². The predicted molar refractivity (Wildman–Crippen MR) is 463 cm³/mol. The monoisotopic (exact) mass is 1480 g/mol. The van der Waals surface area contributed by atoms with Gasteiger partial charge in [0.05, 0.1) is 50.8 Å². The highest BCUT2D eigenvalue weighted by atomic mass is 32.2. The van der Waals surface area contributed by atoms with Crippen LogP contribution in [0.2, 0.25) is 0 Å². The van der Waals surface area contributed by atoms with Crippen molar-refractivity contribution in [1.82, 2.24) is 19.9 Å². The Bertz CT molecular complexity index is 6880. The zero-order valence-corrected chi connectivity index (χ0v) is 63.1. The second kappa shape index (κ2) is 27.9. The molecule has 2 aromatic heterocycles. The Balaban J connectivity index is 0.000000145. The summed E-state index contributed by atoms with van der Waals surface area (Å²) in [5, 5.41) is 22.1. The summed E-state index contributed by atoms with van der Waals surface area (Å²) in [4.78, 5) is 25.6. The maximum Gasteiger partial charge on any atom is 0.161 e. The first-order valence-electron chi connectivity index (χ1n) is 38.3. The van der Waals surface area contributed by atoms with E-state index in [-0.39, 0.29) is 0 Å². The minimum Gasteiger partial charge on any atom is -0.228 e. The molecule has 4 aliphatic rings. The van der Waals surface area contributed by atoms with Crippen LogP contribution >= 0.6 is 23.5 Å². The number of hydrogen-bond acceptors (Lipinski definition) is 8. The second-order valence-electron chi connectivity index (χ2n) is 29.1. The average Bonchev–Trinajstić information content (AvgIpc) is 1.48. The topological polar surface area (TPSA) is 99.1 Å². The van der Waals surface area contributed by atoms with Gasteiger partial charge in [0.15, 0.2) is 11.6 Å². The molecule has 8 heteroatoms. The Hall–Kier alpha value is -14.4. The molecule has 2 atom stereocenters. The first-order chi connectivity index (χ1) is 56.4. The predicted octanol–water partition coefficient (Wildman–Crippen LogP) is 26.5. The molecule has 2 aliphatic heterocycles. The van der Waals surface area contributed by atoms with E-state index in [1.807, 2.05) is 84.6 Å². The molecule has 0 radical (unpaired) electrons. The van der Waals surface area contributed by atoms with Gasteiger partial charge in [0.1, 0.15) is 6.07 Å². The van der Waals surface area contributed by atoms with Crippen LogP contribution in [0.1, 0.15) is 55.6 Å². The van der Waals surface area contributed by atoms with Crippen molar-refractivity contribution in [1.29, 1.82) is 10.5 Å². The van der Waals surface area contributed by atoms with Gasteiger partial charge in [0, 0.05) is 53.0 Å². The van der Waals surface area contributed by atoms with Crippen LogP contribution in [-0.2, 0) is 10.8 Å². The second-order valence-corrected chi connectivity index (χ2v) is 31.2. The van der Waals surface area contributed by atoms with Gasteiger partial charge in [0.25, 0.3) is 0 Å². The van der Waals surface area contributed by atoms with Crippen LogP contribution in [0.25, 0.3) is 134 Å². The molecule has 2 spiro atoms.